The fraction of sp³-hybridized carbons (Fsp3) is 0.730. The van der Waals surface area contributed by atoms with Crippen molar-refractivity contribution < 1.29 is 23.4 Å². The zero-order valence-corrected chi connectivity index (χ0v) is 29.0. The van der Waals surface area contributed by atoms with E-state index in [1.165, 1.54) is 0 Å². The zero-order chi connectivity index (χ0) is 32.8. The number of rotatable bonds is 6. The zero-order valence-electron chi connectivity index (χ0n) is 28.2. The molecule has 45 heavy (non-hydrogen) atoms. The van der Waals surface area contributed by atoms with Gasteiger partial charge in [0, 0.05) is 11.1 Å². The van der Waals surface area contributed by atoms with Crippen LogP contribution >= 0.6 is 0 Å². The lowest BCUT2D eigenvalue weighted by atomic mass is 9.32. The molecule has 248 valence electrons. The van der Waals surface area contributed by atoms with Gasteiger partial charge < -0.3 is 10.2 Å². The first-order valence-corrected chi connectivity index (χ1v) is 18.6. The van der Waals surface area contributed by atoms with Crippen molar-refractivity contribution >= 4 is 21.7 Å². The summed E-state index contributed by atoms with van der Waals surface area (Å²) in [4.78, 5) is 15.6. The van der Waals surface area contributed by atoms with E-state index in [2.05, 4.69) is 51.1 Å². The Morgan fingerprint density at radius 1 is 0.956 bits per heavy atom. The van der Waals surface area contributed by atoms with Gasteiger partial charge in [0.1, 0.15) is 0 Å². The minimum Gasteiger partial charge on any atom is -0.481 e. The molecule has 0 radical (unpaired) electrons. The molecule has 5 aliphatic rings. The van der Waals surface area contributed by atoms with Crippen LogP contribution in [0.3, 0.4) is 0 Å². The van der Waals surface area contributed by atoms with Gasteiger partial charge in [-0.3, -0.25) is 4.79 Å². The number of aliphatic carboxylic acids is 1. The predicted molar refractivity (Wildman–Crippen MR) is 177 cm³/mol. The highest BCUT2D eigenvalue weighted by molar-refractivity contribution is 7.89. The van der Waals surface area contributed by atoms with Crippen molar-refractivity contribution in [2.24, 2.45) is 61.8 Å². The van der Waals surface area contributed by atoms with Crippen LogP contribution in [-0.2, 0) is 14.8 Å². The molecular formula is C37H54N2O5S. The van der Waals surface area contributed by atoms with Gasteiger partial charge in [0.15, 0.2) is 0 Å². The maximum atomic E-state index is 13.1. The van der Waals surface area contributed by atoms with E-state index in [0.29, 0.717) is 18.3 Å². The summed E-state index contributed by atoms with van der Waals surface area (Å²) in [7, 11) is -3.83. The van der Waals surface area contributed by atoms with Gasteiger partial charge in [0.05, 0.1) is 16.9 Å². The molecule has 0 aliphatic heterocycles. The quantitative estimate of drug-likeness (QED) is 0.223. The molecule has 5 fully saturated rings. The molecule has 1 aromatic rings. The number of hydrogen-bond acceptors (Lipinski definition) is 5. The lowest BCUT2D eigenvalue weighted by Crippen LogP contribution is -2.67. The van der Waals surface area contributed by atoms with E-state index in [0.717, 1.165) is 74.6 Å². The van der Waals surface area contributed by atoms with Crippen molar-refractivity contribution in [2.75, 3.05) is 6.61 Å². The Kier molecular flexibility index (Phi) is 7.76. The van der Waals surface area contributed by atoms with Crippen molar-refractivity contribution in [1.82, 2.24) is 4.83 Å². The molecule has 3 N–H and O–H groups in total. The highest BCUT2D eigenvalue weighted by Crippen LogP contribution is 2.77. The summed E-state index contributed by atoms with van der Waals surface area (Å²) in [6.07, 6.45) is 8.98. The standard InChI is InChI=1S/C37H54N2O5S/c1-23(2)26-14-19-37(32(41)42)21-20-35(6)27(31(26)37)12-13-29-33(4)17-16-30(34(5,22-40)28(33)15-18-36(29,35)7)38-39-45(43,44)25-10-8-24(3)9-11-25/h8-11,26-29,31,39-40H,1,12-22H2,2-7H3,(H,41,42)/b38-30+/t26-,27+,28+,29+,31+,33-,34-,35+,36+,37-/m0/s1. The molecule has 8 heteroatoms. The SMILES string of the molecule is C=C(C)[C@@H]1CC[C@]2(C(=O)O)CC[C@]3(C)[C@H](CC[C@@H]4[C@@]5(C)CC/C(=N\NS(=O)(=O)c6ccc(C)cc6)[C@@](C)(CO)[C@@H]5CC[C@]43C)[C@@H]12. The third-order valence-electron chi connectivity index (χ3n) is 15.0. The summed E-state index contributed by atoms with van der Waals surface area (Å²) < 4.78 is 26.2. The second-order valence-corrected chi connectivity index (χ2v) is 18.3. The number of carboxylic acids is 1. The van der Waals surface area contributed by atoms with Crippen LogP contribution in [0.2, 0.25) is 0 Å². The fourth-order valence-electron chi connectivity index (χ4n) is 12.4. The maximum absolute atomic E-state index is 13.1. The average Bonchev–Trinajstić information content (AvgIpc) is 3.39. The summed E-state index contributed by atoms with van der Waals surface area (Å²) in [5.41, 5.74) is 1.64. The van der Waals surface area contributed by atoms with Crippen LogP contribution in [0, 0.1) is 63.6 Å². The monoisotopic (exact) mass is 638 g/mol. The minimum absolute atomic E-state index is 0.0270. The van der Waals surface area contributed by atoms with Crippen molar-refractivity contribution in [3.05, 3.63) is 42.0 Å². The van der Waals surface area contributed by atoms with E-state index in [1.807, 2.05) is 6.92 Å². The molecule has 10 atom stereocenters. The van der Waals surface area contributed by atoms with Crippen LogP contribution in [-0.4, -0.2) is 36.9 Å². The normalized spacial score (nSPS) is 45.1. The van der Waals surface area contributed by atoms with Gasteiger partial charge >= 0.3 is 5.97 Å². The molecule has 7 nitrogen and oxygen atoms in total. The van der Waals surface area contributed by atoms with Gasteiger partial charge in [-0.05, 0) is 136 Å². The first-order chi connectivity index (χ1) is 21.0. The lowest BCUT2D eigenvalue weighted by Gasteiger charge is -2.72. The molecule has 0 spiro atoms. The second kappa shape index (κ2) is 10.7. The Balaban J connectivity index is 1.31. The molecule has 1 aromatic carbocycles. The van der Waals surface area contributed by atoms with Crippen LogP contribution in [0.4, 0.5) is 0 Å². The fourth-order valence-corrected chi connectivity index (χ4v) is 13.2. The van der Waals surface area contributed by atoms with E-state index >= 15 is 0 Å². The third kappa shape index (κ3) is 4.47. The van der Waals surface area contributed by atoms with E-state index in [9.17, 15) is 23.4 Å². The third-order valence-corrected chi connectivity index (χ3v) is 16.3. The number of carboxylic acid groups (broad SMARTS) is 1. The highest BCUT2D eigenvalue weighted by Gasteiger charge is 2.72. The summed E-state index contributed by atoms with van der Waals surface area (Å²) in [6.45, 7) is 17.8. The second-order valence-electron chi connectivity index (χ2n) is 16.7. The Bertz CT molecular complexity index is 1520. The molecule has 0 bridgehead atoms. The highest BCUT2D eigenvalue weighted by atomic mass is 32.2. The topological polar surface area (TPSA) is 116 Å². The lowest BCUT2D eigenvalue weighted by molar-refractivity contribution is -0.232. The number of fused-ring (bicyclic) bond motifs is 7. The summed E-state index contributed by atoms with van der Waals surface area (Å²) >= 11 is 0. The first kappa shape index (κ1) is 32.7. The molecular weight excluding hydrogens is 584 g/mol. The van der Waals surface area contributed by atoms with Crippen LogP contribution < -0.4 is 4.83 Å². The largest absolute Gasteiger partial charge is 0.481 e. The number of hydrogen-bond donors (Lipinski definition) is 3. The van der Waals surface area contributed by atoms with E-state index in [-0.39, 0.29) is 45.5 Å². The number of nitrogens with zero attached hydrogens (tertiary/aromatic N) is 1. The smallest absolute Gasteiger partial charge is 0.309 e. The average molecular weight is 639 g/mol. The summed E-state index contributed by atoms with van der Waals surface area (Å²) in [5, 5.41) is 26.2. The summed E-state index contributed by atoms with van der Waals surface area (Å²) in [5.74, 6) is 0.771. The van der Waals surface area contributed by atoms with Crippen LogP contribution in [0.25, 0.3) is 0 Å². The first-order valence-electron chi connectivity index (χ1n) is 17.2. The van der Waals surface area contributed by atoms with Crippen LogP contribution in [0.1, 0.15) is 104 Å². The summed E-state index contributed by atoms with van der Waals surface area (Å²) in [6, 6.07) is 6.74. The van der Waals surface area contributed by atoms with E-state index < -0.39 is 26.8 Å². The number of aliphatic hydroxyl groups is 1. The van der Waals surface area contributed by atoms with Crippen molar-refractivity contribution in [2.45, 2.75) is 111 Å². The number of allylic oxidation sites excluding steroid dienone is 1. The van der Waals surface area contributed by atoms with Gasteiger partial charge in [-0.2, -0.15) is 13.5 Å². The predicted octanol–water partition coefficient (Wildman–Crippen LogP) is 7.34. The Hall–Kier alpha value is -2.19. The van der Waals surface area contributed by atoms with E-state index in [1.54, 1.807) is 24.3 Å². The number of aliphatic hydroxyl groups excluding tert-OH is 1. The van der Waals surface area contributed by atoms with Gasteiger partial charge in [0.2, 0.25) is 0 Å². The van der Waals surface area contributed by atoms with Crippen LogP contribution in [0.5, 0.6) is 0 Å². The molecule has 5 saturated carbocycles. The molecule has 0 saturated heterocycles. The molecule has 0 aromatic heterocycles. The maximum Gasteiger partial charge on any atom is 0.309 e. The molecule has 0 amide bonds. The van der Waals surface area contributed by atoms with Crippen molar-refractivity contribution in [3.63, 3.8) is 0 Å². The Morgan fingerprint density at radius 2 is 1.64 bits per heavy atom. The molecule has 0 unspecified atom stereocenters. The van der Waals surface area contributed by atoms with Gasteiger partial charge in [-0.15, -0.1) is 0 Å². The number of nitrogens with one attached hydrogen (secondary N) is 1. The molecule has 5 aliphatic carbocycles. The Labute approximate surface area is 270 Å². The molecule has 0 heterocycles. The van der Waals surface area contributed by atoms with Crippen LogP contribution in [0.15, 0.2) is 46.4 Å². The number of carbonyl (C=O) groups is 1. The van der Waals surface area contributed by atoms with Gasteiger partial charge in [0.25, 0.3) is 10.0 Å². The van der Waals surface area contributed by atoms with Crippen molar-refractivity contribution in [1.29, 1.82) is 0 Å². The Morgan fingerprint density at radius 3 is 2.27 bits per heavy atom. The number of benzene rings is 1. The number of sulfonamides is 1. The van der Waals surface area contributed by atoms with Gasteiger partial charge in [-0.1, -0.05) is 57.5 Å². The minimum atomic E-state index is -3.83. The van der Waals surface area contributed by atoms with Gasteiger partial charge in [-0.25, -0.2) is 4.83 Å². The molecule has 6 rings (SSSR count). The van der Waals surface area contributed by atoms with Crippen molar-refractivity contribution in [3.8, 4) is 0 Å². The number of aryl methyl sites for hydroxylation is 1. The number of hydrazone groups is 1. The van der Waals surface area contributed by atoms with E-state index in [4.69, 9.17) is 0 Å².